The van der Waals surface area contributed by atoms with Crippen LogP contribution in [0.1, 0.15) is 5.56 Å². The first-order chi connectivity index (χ1) is 15.5. The van der Waals surface area contributed by atoms with E-state index in [0.29, 0.717) is 33.3 Å². The molecule has 0 spiro atoms. The van der Waals surface area contributed by atoms with E-state index in [1.54, 1.807) is 22.9 Å². The Morgan fingerprint density at radius 1 is 1.12 bits per heavy atom. The Hall–Kier alpha value is -4.04. The first-order valence-electron chi connectivity index (χ1n) is 9.83. The van der Waals surface area contributed by atoms with Crippen LogP contribution in [0, 0.1) is 0 Å². The zero-order valence-electron chi connectivity index (χ0n) is 17.1. The number of hydrogen-bond acceptors (Lipinski definition) is 7. The predicted octanol–water partition coefficient (Wildman–Crippen LogP) is 4.53. The van der Waals surface area contributed by atoms with Gasteiger partial charge >= 0.3 is 0 Å². The molecule has 0 unspecified atom stereocenters. The lowest BCUT2D eigenvalue weighted by molar-refractivity contribution is 0.306. The van der Waals surface area contributed by atoms with E-state index in [2.05, 4.69) is 20.3 Å². The number of ether oxygens (including phenoxy) is 1. The van der Waals surface area contributed by atoms with E-state index in [-0.39, 0.29) is 12.4 Å². The molecule has 0 bridgehead atoms. The van der Waals surface area contributed by atoms with Crippen molar-refractivity contribution in [2.75, 3.05) is 18.1 Å². The molecule has 2 aromatic carbocycles. The van der Waals surface area contributed by atoms with E-state index >= 15 is 0 Å². The van der Waals surface area contributed by atoms with Crippen molar-refractivity contribution < 1.29 is 9.84 Å². The number of benzene rings is 2. The molecule has 9 heteroatoms. The fraction of sp³-hybridized carbons (Fsp3) is 0.0870. The molecule has 0 amide bonds. The largest absolute Gasteiger partial charge is 0.508 e. The molecule has 0 aliphatic heterocycles. The Bertz CT molecular complexity index is 1470. The van der Waals surface area contributed by atoms with E-state index in [0.717, 1.165) is 22.3 Å². The maximum atomic E-state index is 10.3. The summed E-state index contributed by atoms with van der Waals surface area (Å²) >= 11 is 6.34. The second-order valence-corrected chi connectivity index (χ2v) is 7.66. The maximum absolute atomic E-state index is 10.3. The average Bonchev–Trinajstić information content (AvgIpc) is 3.14. The molecule has 0 aliphatic rings. The monoisotopic (exact) mass is 446 g/mol. The van der Waals surface area contributed by atoms with Gasteiger partial charge in [-0.3, -0.25) is 4.57 Å². The van der Waals surface area contributed by atoms with E-state index in [9.17, 15) is 5.11 Å². The number of nitrogens with two attached hydrogens (primary N) is 1. The Balaban J connectivity index is 1.45. The zero-order valence-corrected chi connectivity index (χ0v) is 17.8. The summed E-state index contributed by atoms with van der Waals surface area (Å²) in [5, 5.41) is 15.4. The molecular formula is C23H19ClN6O2. The van der Waals surface area contributed by atoms with Gasteiger partial charge in [0.1, 0.15) is 36.1 Å². The quantitative estimate of drug-likeness (QED) is 0.363. The van der Waals surface area contributed by atoms with Crippen LogP contribution in [0.5, 0.6) is 11.5 Å². The van der Waals surface area contributed by atoms with Crippen molar-refractivity contribution in [3.8, 4) is 17.2 Å². The van der Waals surface area contributed by atoms with Crippen LogP contribution in [0.15, 0.2) is 61.1 Å². The molecule has 160 valence electrons. The summed E-state index contributed by atoms with van der Waals surface area (Å²) in [4.78, 5) is 12.8. The van der Waals surface area contributed by atoms with Crippen LogP contribution in [0.2, 0.25) is 5.02 Å². The van der Waals surface area contributed by atoms with Gasteiger partial charge in [0.05, 0.1) is 21.6 Å². The number of pyridine rings is 1. The highest BCUT2D eigenvalue weighted by atomic mass is 35.5. The van der Waals surface area contributed by atoms with Gasteiger partial charge in [-0.15, -0.1) is 0 Å². The second-order valence-electron chi connectivity index (χ2n) is 7.25. The van der Waals surface area contributed by atoms with Crippen molar-refractivity contribution in [3.63, 3.8) is 0 Å². The van der Waals surface area contributed by atoms with Gasteiger partial charge in [0.2, 0.25) is 0 Å². The topological polar surface area (TPSA) is 111 Å². The highest BCUT2D eigenvalue weighted by Gasteiger charge is 2.14. The summed E-state index contributed by atoms with van der Waals surface area (Å²) in [6.07, 6.45) is 3.08. The first kappa shape index (κ1) is 19.9. The van der Waals surface area contributed by atoms with Gasteiger partial charge in [0, 0.05) is 30.8 Å². The van der Waals surface area contributed by atoms with E-state index < -0.39 is 0 Å². The third-order valence-corrected chi connectivity index (χ3v) is 5.42. The lowest BCUT2D eigenvalue weighted by Crippen LogP contribution is -2.00. The number of phenolic OH excluding ortho intramolecular Hbond substituents is 1. The highest BCUT2D eigenvalue weighted by Crippen LogP contribution is 2.31. The summed E-state index contributed by atoms with van der Waals surface area (Å²) in [5.41, 5.74) is 8.79. The molecule has 0 saturated heterocycles. The molecule has 5 rings (SSSR count). The number of nitrogen functional groups attached to an aromatic ring is 1. The molecule has 32 heavy (non-hydrogen) atoms. The Morgan fingerprint density at radius 2 is 1.97 bits per heavy atom. The molecule has 3 heterocycles. The molecular weight excluding hydrogens is 428 g/mol. The van der Waals surface area contributed by atoms with Crippen molar-refractivity contribution in [3.05, 3.63) is 71.6 Å². The summed E-state index contributed by atoms with van der Waals surface area (Å²) in [6.45, 7) is 0.253. The number of fused-ring (bicyclic) bond motifs is 2. The Morgan fingerprint density at radius 3 is 2.81 bits per heavy atom. The number of aromatic hydroxyl groups is 1. The minimum absolute atomic E-state index is 0.0972. The van der Waals surface area contributed by atoms with Gasteiger partial charge in [0.25, 0.3) is 0 Å². The lowest BCUT2D eigenvalue weighted by atomic mass is 10.2. The number of aromatic nitrogens is 4. The minimum Gasteiger partial charge on any atom is -0.508 e. The van der Waals surface area contributed by atoms with Gasteiger partial charge in [0.15, 0.2) is 5.65 Å². The van der Waals surface area contributed by atoms with Crippen LogP contribution in [-0.2, 0) is 6.61 Å². The molecule has 0 atom stereocenters. The van der Waals surface area contributed by atoms with Crippen molar-refractivity contribution in [2.24, 2.45) is 0 Å². The SMILES string of the molecule is CNc1ccc2ccc(OCc3cc(O)cc(-n4cc(Cl)c5c(N)ncnc54)c3)cc2n1. The molecule has 0 radical (unpaired) electrons. The highest BCUT2D eigenvalue weighted by molar-refractivity contribution is 6.36. The summed E-state index contributed by atoms with van der Waals surface area (Å²) in [6, 6.07) is 14.8. The smallest absolute Gasteiger partial charge is 0.151 e. The van der Waals surface area contributed by atoms with Crippen molar-refractivity contribution in [2.45, 2.75) is 6.61 Å². The van der Waals surface area contributed by atoms with Gasteiger partial charge in [-0.2, -0.15) is 0 Å². The number of nitrogens with zero attached hydrogens (tertiary/aromatic N) is 4. The number of rotatable bonds is 5. The predicted molar refractivity (Wildman–Crippen MR) is 126 cm³/mol. The number of anilines is 2. The summed E-state index contributed by atoms with van der Waals surface area (Å²) in [7, 11) is 1.83. The zero-order chi connectivity index (χ0) is 22.2. The third-order valence-electron chi connectivity index (χ3n) is 5.13. The maximum Gasteiger partial charge on any atom is 0.151 e. The van der Waals surface area contributed by atoms with Crippen LogP contribution in [0.25, 0.3) is 27.6 Å². The summed E-state index contributed by atoms with van der Waals surface area (Å²) < 4.78 is 7.74. The van der Waals surface area contributed by atoms with Crippen LogP contribution in [0.3, 0.4) is 0 Å². The number of hydrogen-bond donors (Lipinski definition) is 3. The van der Waals surface area contributed by atoms with Gasteiger partial charge in [-0.05, 0) is 42.0 Å². The van der Waals surface area contributed by atoms with Crippen LogP contribution in [-0.4, -0.2) is 31.7 Å². The Labute approximate surface area is 188 Å². The minimum atomic E-state index is 0.0972. The van der Waals surface area contributed by atoms with Crippen molar-refractivity contribution in [1.29, 1.82) is 0 Å². The van der Waals surface area contributed by atoms with Gasteiger partial charge < -0.3 is 20.9 Å². The molecule has 0 saturated carbocycles. The molecule has 4 N–H and O–H groups in total. The average molecular weight is 447 g/mol. The fourth-order valence-electron chi connectivity index (χ4n) is 3.61. The number of halogens is 1. The second kappa shape index (κ2) is 7.90. The molecule has 3 aromatic heterocycles. The Kier molecular flexibility index (Phi) is 4.91. The lowest BCUT2D eigenvalue weighted by Gasteiger charge is -2.11. The van der Waals surface area contributed by atoms with Crippen LogP contribution < -0.4 is 15.8 Å². The van der Waals surface area contributed by atoms with Crippen molar-refractivity contribution in [1.82, 2.24) is 19.5 Å². The third kappa shape index (κ3) is 3.61. The summed E-state index contributed by atoms with van der Waals surface area (Å²) in [5.74, 6) is 1.86. The van der Waals surface area contributed by atoms with Gasteiger partial charge in [-0.25, -0.2) is 15.0 Å². The van der Waals surface area contributed by atoms with Crippen LogP contribution >= 0.6 is 11.6 Å². The molecule has 0 fully saturated rings. The molecule has 8 nitrogen and oxygen atoms in total. The molecule has 5 aromatic rings. The normalized spacial score (nSPS) is 11.2. The van der Waals surface area contributed by atoms with Crippen molar-refractivity contribution >= 4 is 45.2 Å². The molecule has 0 aliphatic carbocycles. The number of nitrogens with one attached hydrogen (secondary N) is 1. The first-order valence-corrected chi connectivity index (χ1v) is 10.2. The van der Waals surface area contributed by atoms with E-state index in [1.165, 1.54) is 6.33 Å². The number of phenols is 1. The van der Waals surface area contributed by atoms with Gasteiger partial charge in [-0.1, -0.05) is 11.6 Å². The standard InChI is InChI=1S/C23H19ClN6O2/c1-26-20-5-3-14-2-4-17(9-19(14)29-20)32-11-13-6-15(8-16(31)7-13)30-10-18(24)21-22(25)27-12-28-23(21)30/h2-10,12,31H,11H2,1H3,(H,26,29)(H2,25,27,28). The van der Waals surface area contributed by atoms with Crippen LogP contribution in [0.4, 0.5) is 11.6 Å². The van der Waals surface area contributed by atoms with E-state index in [1.807, 2.05) is 43.4 Å². The van der Waals surface area contributed by atoms with E-state index in [4.69, 9.17) is 22.1 Å². The fourth-order valence-corrected chi connectivity index (χ4v) is 3.89.